The molecule has 15 heavy (non-hydrogen) atoms. The molecular weight excluding hydrogens is 210 g/mol. The Morgan fingerprint density at radius 3 is 2.93 bits per heavy atom. The van der Waals surface area contributed by atoms with Gasteiger partial charge in [0.2, 0.25) is 0 Å². The van der Waals surface area contributed by atoms with Gasteiger partial charge < -0.3 is 10.1 Å². The third kappa shape index (κ3) is 2.86. The van der Waals surface area contributed by atoms with Gasteiger partial charge in [0.05, 0.1) is 0 Å². The van der Waals surface area contributed by atoms with E-state index >= 15 is 0 Å². The maximum atomic E-state index is 5.89. The van der Waals surface area contributed by atoms with E-state index in [-0.39, 0.29) is 0 Å². The van der Waals surface area contributed by atoms with Crippen LogP contribution in [0.3, 0.4) is 0 Å². The van der Waals surface area contributed by atoms with Crippen LogP contribution >= 0.6 is 11.6 Å². The summed E-state index contributed by atoms with van der Waals surface area (Å²) in [5, 5.41) is 4.02. The van der Waals surface area contributed by atoms with E-state index in [4.69, 9.17) is 16.3 Å². The molecule has 0 spiro atoms. The summed E-state index contributed by atoms with van der Waals surface area (Å²) in [6, 6.07) is 8.21. The third-order valence-corrected chi connectivity index (χ3v) is 3.13. The van der Waals surface area contributed by atoms with E-state index in [1.807, 2.05) is 31.3 Å². The standard InChI is InChI=1S/C12H16ClNO/c1-14-10-5-6-12(8-10)15-11-4-2-3-9(13)7-11/h2-4,7,10,12,14H,5-6,8H2,1H3/t10-,12-/m0/s1. The minimum atomic E-state index is 0.334. The SMILES string of the molecule is CN[C@H]1CC[C@H](Oc2cccc(Cl)c2)C1. The summed E-state index contributed by atoms with van der Waals surface area (Å²) in [4.78, 5) is 0. The predicted octanol–water partition coefficient (Wildman–Crippen LogP) is 2.86. The fourth-order valence-corrected chi connectivity index (χ4v) is 2.22. The van der Waals surface area contributed by atoms with E-state index in [0.29, 0.717) is 12.1 Å². The van der Waals surface area contributed by atoms with Crippen molar-refractivity contribution in [2.45, 2.75) is 31.4 Å². The zero-order valence-corrected chi connectivity index (χ0v) is 9.63. The van der Waals surface area contributed by atoms with Gasteiger partial charge in [0.25, 0.3) is 0 Å². The highest BCUT2D eigenvalue weighted by molar-refractivity contribution is 6.30. The van der Waals surface area contributed by atoms with Crippen LogP contribution in [-0.2, 0) is 0 Å². The average Bonchev–Trinajstić information content (AvgIpc) is 2.65. The summed E-state index contributed by atoms with van der Waals surface area (Å²) in [7, 11) is 2.01. The van der Waals surface area contributed by atoms with Gasteiger partial charge in [0.15, 0.2) is 0 Å². The Kier molecular flexibility index (Phi) is 3.49. The van der Waals surface area contributed by atoms with Crippen molar-refractivity contribution in [1.82, 2.24) is 5.32 Å². The fraction of sp³-hybridized carbons (Fsp3) is 0.500. The molecule has 0 radical (unpaired) electrons. The molecule has 2 atom stereocenters. The molecule has 1 fully saturated rings. The quantitative estimate of drug-likeness (QED) is 0.854. The largest absolute Gasteiger partial charge is 0.490 e. The summed E-state index contributed by atoms with van der Waals surface area (Å²) >= 11 is 5.89. The lowest BCUT2D eigenvalue weighted by molar-refractivity contribution is 0.207. The second kappa shape index (κ2) is 4.86. The summed E-state index contributed by atoms with van der Waals surface area (Å²) in [5.41, 5.74) is 0. The lowest BCUT2D eigenvalue weighted by Crippen LogP contribution is -2.23. The van der Waals surface area contributed by atoms with Gasteiger partial charge in [-0.2, -0.15) is 0 Å². The first kappa shape index (κ1) is 10.8. The predicted molar refractivity (Wildman–Crippen MR) is 62.6 cm³/mol. The van der Waals surface area contributed by atoms with E-state index in [2.05, 4.69) is 5.32 Å². The molecule has 2 rings (SSSR count). The van der Waals surface area contributed by atoms with Crippen LogP contribution in [0.25, 0.3) is 0 Å². The molecule has 1 N–H and O–H groups in total. The molecule has 0 bridgehead atoms. The maximum absolute atomic E-state index is 5.89. The highest BCUT2D eigenvalue weighted by atomic mass is 35.5. The number of rotatable bonds is 3. The molecule has 82 valence electrons. The molecule has 0 saturated heterocycles. The van der Waals surface area contributed by atoms with Crippen LogP contribution in [0, 0.1) is 0 Å². The molecule has 1 aliphatic rings. The lowest BCUT2D eigenvalue weighted by Gasteiger charge is -2.14. The first-order chi connectivity index (χ1) is 7.28. The van der Waals surface area contributed by atoms with Crippen molar-refractivity contribution in [3.8, 4) is 5.75 Å². The number of hydrogen-bond donors (Lipinski definition) is 1. The molecule has 1 aliphatic carbocycles. The number of nitrogens with one attached hydrogen (secondary N) is 1. The molecule has 0 heterocycles. The zero-order valence-electron chi connectivity index (χ0n) is 8.87. The van der Waals surface area contributed by atoms with E-state index in [0.717, 1.165) is 23.6 Å². The Morgan fingerprint density at radius 1 is 1.40 bits per heavy atom. The maximum Gasteiger partial charge on any atom is 0.121 e. The van der Waals surface area contributed by atoms with Crippen LogP contribution in [0.1, 0.15) is 19.3 Å². The van der Waals surface area contributed by atoms with Crippen LogP contribution in [0.2, 0.25) is 5.02 Å². The molecule has 1 aromatic rings. The Morgan fingerprint density at radius 2 is 2.27 bits per heavy atom. The Bertz CT molecular complexity index is 329. The first-order valence-corrected chi connectivity index (χ1v) is 5.75. The van der Waals surface area contributed by atoms with E-state index in [1.54, 1.807) is 0 Å². The monoisotopic (exact) mass is 225 g/mol. The summed E-state index contributed by atoms with van der Waals surface area (Å²) in [6.07, 6.45) is 3.74. The van der Waals surface area contributed by atoms with Crippen molar-refractivity contribution in [3.05, 3.63) is 29.3 Å². The third-order valence-electron chi connectivity index (χ3n) is 2.89. The van der Waals surface area contributed by atoms with Gasteiger partial charge in [-0.25, -0.2) is 0 Å². The second-order valence-electron chi connectivity index (χ2n) is 4.00. The fourth-order valence-electron chi connectivity index (χ4n) is 2.04. The van der Waals surface area contributed by atoms with Gasteiger partial charge in [-0.15, -0.1) is 0 Å². The van der Waals surface area contributed by atoms with Gasteiger partial charge in [0.1, 0.15) is 11.9 Å². The number of halogens is 1. The molecular formula is C12H16ClNO. The highest BCUT2D eigenvalue weighted by Gasteiger charge is 2.24. The molecule has 0 aromatic heterocycles. The van der Waals surface area contributed by atoms with Crippen molar-refractivity contribution in [2.75, 3.05) is 7.05 Å². The average molecular weight is 226 g/mol. The summed E-state index contributed by atoms with van der Waals surface area (Å²) in [5.74, 6) is 0.879. The van der Waals surface area contributed by atoms with E-state index in [1.165, 1.54) is 6.42 Å². The molecule has 0 unspecified atom stereocenters. The number of hydrogen-bond acceptors (Lipinski definition) is 2. The van der Waals surface area contributed by atoms with Gasteiger partial charge in [-0.3, -0.25) is 0 Å². The smallest absolute Gasteiger partial charge is 0.121 e. The van der Waals surface area contributed by atoms with Crippen molar-refractivity contribution in [3.63, 3.8) is 0 Å². The number of ether oxygens (including phenoxy) is 1. The normalized spacial score (nSPS) is 25.5. The molecule has 3 heteroatoms. The molecule has 0 amide bonds. The Balaban J connectivity index is 1.92. The van der Waals surface area contributed by atoms with E-state index in [9.17, 15) is 0 Å². The topological polar surface area (TPSA) is 21.3 Å². The first-order valence-electron chi connectivity index (χ1n) is 5.37. The van der Waals surface area contributed by atoms with E-state index < -0.39 is 0 Å². The van der Waals surface area contributed by atoms with Crippen LogP contribution in [0.5, 0.6) is 5.75 Å². The van der Waals surface area contributed by atoms with Crippen molar-refractivity contribution >= 4 is 11.6 Å². The zero-order chi connectivity index (χ0) is 10.7. The van der Waals surface area contributed by atoms with Gasteiger partial charge in [-0.05, 0) is 44.5 Å². The molecule has 2 nitrogen and oxygen atoms in total. The number of benzene rings is 1. The van der Waals surface area contributed by atoms with Crippen LogP contribution in [0.4, 0.5) is 0 Å². The van der Waals surface area contributed by atoms with Gasteiger partial charge in [0, 0.05) is 11.1 Å². The highest BCUT2D eigenvalue weighted by Crippen LogP contribution is 2.25. The van der Waals surface area contributed by atoms with Gasteiger partial charge >= 0.3 is 0 Å². The molecule has 0 aliphatic heterocycles. The lowest BCUT2D eigenvalue weighted by atomic mass is 10.2. The van der Waals surface area contributed by atoms with Crippen molar-refractivity contribution in [1.29, 1.82) is 0 Å². The molecule has 1 aromatic carbocycles. The minimum absolute atomic E-state index is 0.334. The van der Waals surface area contributed by atoms with Crippen LogP contribution < -0.4 is 10.1 Å². The van der Waals surface area contributed by atoms with Crippen molar-refractivity contribution in [2.24, 2.45) is 0 Å². The Hall–Kier alpha value is -0.730. The Labute approximate surface area is 95.6 Å². The van der Waals surface area contributed by atoms with Crippen LogP contribution in [0.15, 0.2) is 24.3 Å². The van der Waals surface area contributed by atoms with Gasteiger partial charge in [-0.1, -0.05) is 17.7 Å². The van der Waals surface area contributed by atoms with Crippen molar-refractivity contribution < 1.29 is 4.74 Å². The summed E-state index contributed by atoms with van der Waals surface area (Å²) in [6.45, 7) is 0. The summed E-state index contributed by atoms with van der Waals surface area (Å²) < 4.78 is 5.86. The second-order valence-corrected chi connectivity index (χ2v) is 4.43. The molecule has 1 saturated carbocycles. The minimum Gasteiger partial charge on any atom is -0.490 e. The van der Waals surface area contributed by atoms with Crippen LogP contribution in [-0.4, -0.2) is 19.2 Å².